The lowest BCUT2D eigenvalue weighted by molar-refractivity contribution is 0.0302. The molecule has 156 valence electrons. The number of hydrogen-bond donors (Lipinski definition) is 1. The monoisotopic (exact) mass is 410 g/mol. The Morgan fingerprint density at radius 3 is 2.67 bits per heavy atom. The maximum Gasteiger partial charge on any atom is 0.257 e. The summed E-state index contributed by atoms with van der Waals surface area (Å²) >= 11 is 0. The number of ether oxygens (including phenoxy) is 1. The summed E-state index contributed by atoms with van der Waals surface area (Å²) in [4.78, 5) is 6.13. The summed E-state index contributed by atoms with van der Waals surface area (Å²) < 4.78 is 32.4. The van der Waals surface area contributed by atoms with Crippen LogP contribution < -0.4 is 4.74 Å². The number of aliphatic hydroxyl groups excluding tert-OH is 1. The molecule has 5 rings (SSSR count). The summed E-state index contributed by atoms with van der Waals surface area (Å²) in [7, 11) is 0. The van der Waals surface area contributed by atoms with Crippen LogP contribution in [-0.2, 0) is 0 Å². The first-order valence-corrected chi connectivity index (χ1v) is 10.3. The highest BCUT2D eigenvalue weighted by atomic mass is 19.3. The van der Waals surface area contributed by atoms with Crippen LogP contribution in [0.25, 0.3) is 21.9 Å². The molecule has 4 nitrogen and oxygen atoms in total. The number of aryl methyl sites for hydroxylation is 1. The van der Waals surface area contributed by atoms with Gasteiger partial charge in [0, 0.05) is 49.4 Å². The van der Waals surface area contributed by atoms with Crippen molar-refractivity contribution < 1.29 is 18.6 Å². The van der Waals surface area contributed by atoms with Crippen molar-refractivity contribution in [2.45, 2.75) is 19.0 Å². The molecule has 0 bridgehead atoms. The Morgan fingerprint density at radius 2 is 1.90 bits per heavy atom. The molecule has 3 atom stereocenters. The van der Waals surface area contributed by atoms with Gasteiger partial charge in [-0.2, -0.15) is 0 Å². The van der Waals surface area contributed by atoms with E-state index < -0.39 is 23.9 Å². The van der Waals surface area contributed by atoms with Crippen LogP contribution in [0.1, 0.15) is 5.56 Å². The molecule has 2 aliphatic rings. The molecule has 1 N–H and O–H groups in total. The molecule has 1 saturated carbocycles. The number of aliphatic hydroxyl groups is 1. The van der Waals surface area contributed by atoms with E-state index in [9.17, 15) is 13.9 Å². The second-order valence-corrected chi connectivity index (χ2v) is 8.49. The number of hydrogen-bond acceptors (Lipinski definition) is 4. The Balaban J connectivity index is 1.23. The summed E-state index contributed by atoms with van der Waals surface area (Å²) in [6.45, 7) is 3.28. The molecular weight excluding hydrogens is 386 g/mol. The van der Waals surface area contributed by atoms with Gasteiger partial charge >= 0.3 is 0 Å². The molecule has 3 aromatic rings. The minimum Gasteiger partial charge on any atom is -0.491 e. The highest BCUT2D eigenvalue weighted by molar-refractivity contribution is 5.88. The minimum absolute atomic E-state index is 0.134. The van der Waals surface area contributed by atoms with Gasteiger partial charge in [0.25, 0.3) is 5.92 Å². The number of fused-ring (bicyclic) bond motifs is 2. The van der Waals surface area contributed by atoms with Crippen LogP contribution in [0.2, 0.25) is 0 Å². The minimum atomic E-state index is -2.49. The molecule has 3 unspecified atom stereocenters. The van der Waals surface area contributed by atoms with Crippen molar-refractivity contribution in [3.05, 3.63) is 60.4 Å². The summed E-state index contributed by atoms with van der Waals surface area (Å²) in [6.07, 6.45) is 2.94. The maximum absolute atomic E-state index is 13.3. The number of nitrogens with zero attached hydrogens (tertiary/aromatic N) is 2. The van der Waals surface area contributed by atoms with Gasteiger partial charge in [0.2, 0.25) is 0 Å². The molecule has 2 heterocycles. The summed E-state index contributed by atoms with van der Waals surface area (Å²) in [6, 6.07) is 14.1. The number of aromatic nitrogens is 1. The fraction of sp³-hybridized carbons (Fsp3) is 0.375. The van der Waals surface area contributed by atoms with Crippen molar-refractivity contribution in [3.63, 3.8) is 0 Å². The predicted molar refractivity (Wildman–Crippen MR) is 112 cm³/mol. The van der Waals surface area contributed by atoms with Crippen LogP contribution >= 0.6 is 0 Å². The number of rotatable bonds is 6. The van der Waals surface area contributed by atoms with E-state index in [-0.39, 0.29) is 6.61 Å². The normalized spacial score (nSPS) is 23.3. The zero-order chi connectivity index (χ0) is 20.9. The largest absolute Gasteiger partial charge is 0.491 e. The second-order valence-electron chi connectivity index (χ2n) is 8.49. The number of piperidine rings is 1. The molecule has 1 aliphatic carbocycles. The van der Waals surface area contributed by atoms with E-state index in [4.69, 9.17) is 4.74 Å². The van der Waals surface area contributed by atoms with Crippen LogP contribution in [0.3, 0.4) is 0 Å². The Labute approximate surface area is 174 Å². The zero-order valence-electron chi connectivity index (χ0n) is 16.8. The quantitative estimate of drug-likeness (QED) is 0.663. The molecule has 0 amide bonds. The van der Waals surface area contributed by atoms with E-state index in [2.05, 4.69) is 30.1 Å². The van der Waals surface area contributed by atoms with Gasteiger partial charge in [-0.1, -0.05) is 18.2 Å². The van der Waals surface area contributed by atoms with Crippen molar-refractivity contribution in [1.29, 1.82) is 0 Å². The van der Waals surface area contributed by atoms with Gasteiger partial charge in [0.1, 0.15) is 18.5 Å². The molecule has 1 aromatic heterocycles. The SMILES string of the molecule is Cc1ccncc1-c1ccc2ccc(OCC(O)CN3CC4C(C3)C4(F)F)cc2c1. The van der Waals surface area contributed by atoms with Crippen LogP contribution in [-0.4, -0.2) is 53.3 Å². The molecule has 6 heteroatoms. The lowest BCUT2D eigenvalue weighted by atomic mass is 9.99. The molecule has 1 aliphatic heterocycles. The molecule has 0 spiro atoms. The second kappa shape index (κ2) is 7.29. The number of alkyl halides is 2. The molecule has 30 heavy (non-hydrogen) atoms. The van der Waals surface area contributed by atoms with Gasteiger partial charge in [0.15, 0.2) is 0 Å². The van der Waals surface area contributed by atoms with Crippen LogP contribution in [0, 0.1) is 18.8 Å². The van der Waals surface area contributed by atoms with Crippen molar-refractivity contribution in [2.24, 2.45) is 11.8 Å². The summed E-state index contributed by atoms with van der Waals surface area (Å²) in [5, 5.41) is 12.4. The van der Waals surface area contributed by atoms with Crippen LogP contribution in [0.15, 0.2) is 54.9 Å². The van der Waals surface area contributed by atoms with Gasteiger partial charge in [-0.25, -0.2) is 8.78 Å². The van der Waals surface area contributed by atoms with Crippen LogP contribution in [0.5, 0.6) is 5.75 Å². The third-order valence-electron chi connectivity index (χ3n) is 6.35. The fourth-order valence-electron chi connectivity index (χ4n) is 4.53. The van der Waals surface area contributed by atoms with Gasteiger partial charge in [-0.3, -0.25) is 9.88 Å². The van der Waals surface area contributed by atoms with Crippen molar-refractivity contribution in [1.82, 2.24) is 9.88 Å². The van der Waals surface area contributed by atoms with E-state index in [0.29, 0.717) is 25.4 Å². The van der Waals surface area contributed by atoms with E-state index in [1.54, 1.807) is 6.20 Å². The molecule has 0 radical (unpaired) electrons. The number of β-amino-alcohol motifs (C(OH)–C–C–N with tert-alkyl or cyclic N) is 1. The summed E-state index contributed by atoms with van der Waals surface area (Å²) in [5.74, 6) is -2.86. The molecule has 2 fully saturated rings. The van der Waals surface area contributed by atoms with Crippen molar-refractivity contribution in [2.75, 3.05) is 26.2 Å². The average Bonchev–Trinajstić information content (AvgIpc) is 3.05. The van der Waals surface area contributed by atoms with E-state index in [1.165, 1.54) is 0 Å². The lowest BCUT2D eigenvalue weighted by Gasteiger charge is -2.22. The smallest absolute Gasteiger partial charge is 0.257 e. The van der Waals surface area contributed by atoms with Crippen molar-refractivity contribution >= 4 is 10.8 Å². The van der Waals surface area contributed by atoms with Gasteiger partial charge in [0.05, 0.1) is 0 Å². The first kappa shape index (κ1) is 19.4. The summed E-state index contributed by atoms with van der Waals surface area (Å²) in [5.41, 5.74) is 3.35. The first-order valence-electron chi connectivity index (χ1n) is 10.3. The Morgan fingerprint density at radius 1 is 1.13 bits per heavy atom. The zero-order valence-corrected chi connectivity index (χ0v) is 16.8. The number of halogens is 2. The molecular formula is C24H24F2N2O2. The maximum atomic E-state index is 13.3. The average molecular weight is 410 g/mol. The fourth-order valence-corrected chi connectivity index (χ4v) is 4.53. The highest BCUT2D eigenvalue weighted by Gasteiger charge is 2.71. The van der Waals surface area contributed by atoms with Crippen molar-refractivity contribution in [3.8, 4) is 16.9 Å². The number of benzene rings is 2. The third kappa shape index (κ3) is 3.55. The molecule has 1 saturated heterocycles. The van der Waals surface area contributed by atoms with Gasteiger partial charge in [-0.05, 0) is 53.1 Å². The number of likely N-dealkylation sites (tertiary alicyclic amines) is 1. The standard InChI is InChI=1S/C24H24F2N2O2/c1-15-6-7-27-10-21(15)17-3-2-16-4-5-20(9-18(16)8-17)30-14-19(29)11-28-12-22-23(13-28)24(22,25)26/h2-10,19,22-23,29H,11-14H2,1H3. The van der Waals surface area contributed by atoms with E-state index in [1.807, 2.05) is 35.4 Å². The lowest BCUT2D eigenvalue weighted by Crippen LogP contribution is -2.37. The van der Waals surface area contributed by atoms with Gasteiger partial charge < -0.3 is 9.84 Å². The predicted octanol–water partition coefficient (Wildman–Crippen LogP) is 4.15. The van der Waals surface area contributed by atoms with Crippen LogP contribution in [0.4, 0.5) is 8.78 Å². The number of pyridine rings is 1. The Kier molecular flexibility index (Phi) is 4.71. The Bertz CT molecular complexity index is 1070. The topological polar surface area (TPSA) is 45.6 Å². The van der Waals surface area contributed by atoms with E-state index >= 15 is 0 Å². The van der Waals surface area contributed by atoms with E-state index in [0.717, 1.165) is 27.5 Å². The highest BCUT2D eigenvalue weighted by Crippen LogP contribution is 2.59. The first-order chi connectivity index (χ1) is 14.4. The Hall–Kier alpha value is -2.57. The molecule has 2 aromatic carbocycles. The third-order valence-corrected chi connectivity index (χ3v) is 6.35. The van der Waals surface area contributed by atoms with Gasteiger partial charge in [-0.15, -0.1) is 0 Å².